The Morgan fingerprint density at radius 1 is 1.06 bits per heavy atom. The Labute approximate surface area is 200 Å². The maximum atomic E-state index is 5.38. The fraction of sp³-hybridized carbons (Fsp3) is 0.304. The first kappa shape index (κ1) is 24.5. The summed E-state index contributed by atoms with van der Waals surface area (Å²) in [5.41, 5.74) is 2.17. The third kappa shape index (κ3) is 7.16. The molecule has 0 amide bonds. The van der Waals surface area contributed by atoms with Crippen LogP contribution in [0.5, 0.6) is 11.5 Å². The Kier molecular flexibility index (Phi) is 10.2. The Morgan fingerprint density at radius 2 is 1.84 bits per heavy atom. The van der Waals surface area contributed by atoms with Gasteiger partial charge < -0.3 is 24.7 Å². The maximum absolute atomic E-state index is 5.38. The fourth-order valence-corrected chi connectivity index (χ4v) is 3.10. The molecule has 0 bridgehead atoms. The second-order valence-corrected chi connectivity index (χ2v) is 6.66. The van der Waals surface area contributed by atoms with E-state index < -0.39 is 0 Å². The smallest absolute Gasteiger partial charge is 0.196 e. The predicted molar refractivity (Wildman–Crippen MR) is 136 cm³/mol. The molecule has 0 aliphatic heterocycles. The summed E-state index contributed by atoms with van der Waals surface area (Å²) in [6.07, 6.45) is 4.78. The predicted octanol–water partition coefficient (Wildman–Crippen LogP) is 4.34. The van der Waals surface area contributed by atoms with Gasteiger partial charge in [-0.05, 0) is 31.0 Å². The number of hydrogen-bond acceptors (Lipinski definition) is 4. The molecule has 0 saturated heterocycles. The normalized spacial score (nSPS) is 10.9. The van der Waals surface area contributed by atoms with E-state index in [0.717, 1.165) is 31.0 Å². The van der Waals surface area contributed by atoms with Crippen LogP contribution in [0.4, 0.5) is 5.69 Å². The van der Waals surface area contributed by atoms with Gasteiger partial charge in [-0.1, -0.05) is 30.3 Å². The van der Waals surface area contributed by atoms with Crippen LogP contribution in [-0.4, -0.2) is 36.3 Å². The van der Waals surface area contributed by atoms with Gasteiger partial charge >= 0.3 is 0 Å². The lowest BCUT2D eigenvalue weighted by molar-refractivity contribution is 0.355. The van der Waals surface area contributed by atoms with Gasteiger partial charge in [0.05, 0.1) is 14.2 Å². The van der Waals surface area contributed by atoms with E-state index in [0.29, 0.717) is 24.0 Å². The number of aryl methyl sites for hydroxylation is 2. The molecular formula is C23H30IN5O2. The molecule has 3 aromatic rings. The zero-order chi connectivity index (χ0) is 21.2. The Morgan fingerprint density at radius 3 is 2.55 bits per heavy atom. The van der Waals surface area contributed by atoms with Crippen LogP contribution in [0.2, 0.25) is 0 Å². The highest BCUT2D eigenvalue weighted by Gasteiger charge is 2.07. The molecule has 0 saturated carbocycles. The van der Waals surface area contributed by atoms with Crippen molar-refractivity contribution < 1.29 is 9.47 Å². The quantitative estimate of drug-likeness (QED) is 0.243. The van der Waals surface area contributed by atoms with Crippen LogP contribution < -0.4 is 20.1 Å². The van der Waals surface area contributed by atoms with Gasteiger partial charge in [0.1, 0.15) is 12.4 Å². The Balaban J connectivity index is 0.00000341. The average molecular weight is 535 g/mol. The number of anilines is 1. The topological polar surface area (TPSA) is 72.7 Å². The molecule has 2 N–H and O–H groups in total. The molecule has 2 aromatic carbocycles. The van der Waals surface area contributed by atoms with E-state index in [1.54, 1.807) is 14.2 Å². The highest BCUT2D eigenvalue weighted by molar-refractivity contribution is 14.0. The van der Waals surface area contributed by atoms with Crippen molar-refractivity contribution in [2.75, 3.05) is 26.1 Å². The van der Waals surface area contributed by atoms with Crippen LogP contribution in [0.3, 0.4) is 0 Å². The van der Waals surface area contributed by atoms with E-state index in [1.807, 2.05) is 43.6 Å². The molecule has 0 spiro atoms. The number of hydrogen-bond donors (Lipinski definition) is 2. The second-order valence-electron chi connectivity index (χ2n) is 6.66. The molecule has 0 radical (unpaired) electrons. The first-order chi connectivity index (χ1) is 14.7. The van der Waals surface area contributed by atoms with Crippen molar-refractivity contribution in [2.24, 2.45) is 4.99 Å². The number of nitrogens with one attached hydrogen (secondary N) is 2. The third-order valence-corrected chi connectivity index (χ3v) is 4.66. The number of imidazole rings is 1. The minimum Gasteiger partial charge on any atom is -0.493 e. The van der Waals surface area contributed by atoms with Crippen LogP contribution in [0.25, 0.3) is 0 Å². The monoisotopic (exact) mass is 535 g/mol. The van der Waals surface area contributed by atoms with Gasteiger partial charge in [0.2, 0.25) is 0 Å². The number of methoxy groups -OCH3 is 2. The Bertz CT molecular complexity index is 960. The fourth-order valence-electron chi connectivity index (χ4n) is 3.10. The molecule has 0 aliphatic carbocycles. The molecule has 7 nitrogen and oxygen atoms in total. The van der Waals surface area contributed by atoms with Crippen LogP contribution in [0.15, 0.2) is 65.9 Å². The van der Waals surface area contributed by atoms with Crippen molar-refractivity contribution in [3.8, 4) is 11.5 Å². The van der Waals surface area contributed by atoms with E-state index in [2.05, 4.69) is 44.5 Å². The van der Waals surface area contributed by atoms with Gasteiger partial charge in [-0.25, -0.2) is 9.98 Å². The van der Waals surface area contributed by atoms with Gasteiger partial charge in [0.15, 0.2) is 17.5 Å². The van der Waals surface area contributed by atoms with Crippen LogP contribution in [-0.2, 0) is 19.5 Å². The van der Waals surface area contributed by atoms with Gasteiger partial charge in [-0.2, -0.15) is 0 Å². The van der Waals surface area contributed by atoms with E-state index in [4.69, 9.17) is 14.5 Å². The standard InChI is InChI=1S/C23H29N5O2.HI/c1-4-24-23(27-19-10-11-20(29-2)21(16-19)30-3)26-17-22-25-13-15-28(22)14-12-18-8-6-5-7-9-18;/h5-11,13,15-16H,4,12,14,17H2,1-3H3,(H2,24,26,27);1H. The van der Waals surface area contributed by atoms with Crippen molar-refractivity contribution in [1.82, 2.24) is 14.9 Å². The SMILES string of the molecule is CCNC(=NCc1nccn1CCc1ccccc1)Nc1ccc(OC)c(OC)c1.I. The number of benzene rings is 2. The zero-order valence-electron chi connectivity index (χ0n) is 18.2. The number of ether oxygens (including phenoxy) is 2. The molecule has 166 valence electrons. The van der Waals surface area contributed by atoms with Crippen molar-refractivity contribution >= 4 is 35.6 Å². The highest BCUT2D eigenvalue weighted by atomic mass is 127. The van der Waals surface area contributed by atoms with Crippen LogP contribution >= 0.6 is 24.0 Å². The van der Waals surface area contributed by atoms with Crippen molar-refractivity contribution in [3.05, 3.63) is 72.3 Å². The number of aromatic nitrogens is 2. The highest BCUT2D eigenvalue weighted by Crippen LogP contribution is 2.29. The second kappa shape index (κ2) is 12.8. The van der Waals surface area contributed by atoms with Gasteiger partial charge in [0, 0.05) is 37.2 Å². The molecule has 0 atom stereocenters. The van der Waals surface area contributed by atoms with E-state index in [9.17, 15) is 0 Å². The molecule has 0 aliphatic rings. The number of aliphatic imine (C=N–C) groups is 1. The summed E-state index contributed by atoms with van der Waals surface area (Å²) >= 11 is 0. The van der Waals surface area contributed by atoms with E-state index in [-0.39, 0.29) is 24.0 Å². The summed E-state index contributed by atoms with van der Waals surface area (Å²) in [5.74, 6) is 2.96. The van der Waals surface area contributed by atoms with Gasteiger partial charge in [-0.3, -0.25) is 0 Å². The zero-order valence-corrected chi connectivity index (χ0v) is 20.5. The number of rotatable bonds is 9. The average Bonchev–Trinajstić information content (AvgIpc) is 3.24. The minimum absolute atomic E-state index is 0. The number of halogens is 1. The third-order valence-electron chi connectivity index (χ3n) is 4.66. The number of guanidine groups is 1. The first-order valence-electron chi connectivity index (χ1n) is 10.0. The van der Waals surface area contributed by atoms with Crippen molar-refractivity contribution in [2.45, 2.75) is 26.4 Å². The van der Waals surface area contributed by atoms with Crippen molar-refractivity contribution in [1.29, 1.82) is 0 Å². The van der Waals surface area contributed by atoms with Gasteiger partial charge in [0.25, 0.3) is 0 Å². The minimum atomic E-state index is 0. The molecule has 1 aromatic heterocycles. The summed E-state index contributed by atoms with van der Waals surface area (Å²) in [6.45, 7) is 4.13. The number of nitrogens with zero attached hydrogens (tertiary/aromatic N) is 3. The van der Waals surface area contributed by atoms with Crippen molar-refractivity contribution in [3.63, 3.8) is 0 Å². The Hall–Kier alpha value is -2.75. The molecule has 0 fully saturated rings. The summed E-state index contributed by atoms with van der Waals surface area (Å²) in [4.78, 5) is 9.19. The molecule has 31 heavy (non-hydrogen) atoms. The van der Waals surface area contributed by atoms with Crippen LogP contribution in [0, 0.1) is 0 Å². The first-order valence-corrected chi connectivity index (χ1v) is 10.0. The van der Waals surface area contributed by atoms with E-state index in [1.165, 1.54) is 5.56 Å². The summed E-state index contributed by atoms with van der Waals surface area (Å²) in [6, 6.07) is 16.1. The molecular weight excluding hydrogens is 505 g/mol. The lowest BCUT2D eigenvalue weighted by Crippen LogP contribution is -2.30. The molecule has 3 rings (SSSR count). The summed E-state index contributed by atoms with van der Waals surface area (Å²) in [7, 11) is 3.24. The molecule has 8 heteroatoms. The lowest BCUT2D eigenvalue weighted by atomic mass is 10.1. The lowest BCUT2D eigenvalue weighted by Gasteiger charge is -2.14. The van der Waals surface area contributed by atoms with Crippen LogP contribution in [0.1, 0.15) is 18.3 Å². The molecule has 1 heterocycles. The van der Waals surface area contributed by atoms with Gasteiger partial charge in [-0.15, -0.1) is 24.0 Å². The summed E-state index contributed by atoms with van der Waals surface area (Å²) < 4.78 is 12.8. The van der Waals surface area contributed by atoms with E-state index >= 15 is 0 Å². The largest absolute Gasteiger partial charge is 0.493 e. The maximum Gasteiger partial charge on any atom is 0.196 e. The molecule has 0 unspecified atom stereocenters. The summed E-state index contributed by atoms with van der Waals surface area (Å²) in [5, 5.41) is 6.58.